The van der Waals surface area contributed by atoms with Crippen LogP contribution in [0.2, 0.25) is 0 Å². The maximum absolute atomic E-state index is 12.6. The van der Waals surface area contributed by atoms with Gasteiger partial charge in [-0.2, -0.15) is 0 Å². The van der Waals surface area contributed by atoms with Gasteiger partial charge in [0, 0.05) is 24.5 Å². The lowest BCUT2D eigenvalue weighted by molar-refractivity contribution is -0.122. The van der Waals surface area contributed by atoms with E-state index in [0.717, 1.165) is 20.9 Å². The summed E-state index contributed by atoms with van der Waals surface area (Å²) in [6.45, 7) is 2.10. The summed E-state index contributed by atoms with van der Waals surface area (Å²) in [5.41, 5.74) is 2.32. The van der Waals surface area contributed by atoms with Crippen molar-refractivity contribution in [2.45, 2.75) is 19.4 Å². The third-order valence-corrected chi connectivity index (χ3v) is 5.89. The largest absolute Gasteiger partial charge is 0.508 e. The summed E-state index contributed by atoms with van der Waals surface area (Å²) in [7, 11) is 0. The molecule has 31 heavy (non-hydrogen) atoms. The molecular weight excluding hydrogens is 412 g/mol. The highest BCUT2D eigenvalue weighted by atomic mass is 32.1. The number of nitrogens with one attached hydrogen (secondary N) is 2. The van der Waals surface area contributed by atoms with Crippen molar-refractivity contribution in [3.05, 3.63) is 78.1 Å². The van der Waals surface area contributed by atoms with Crippen molar-refractivity contribution in [3.63, 3.8) is 0 Å². The molecule has 4 aromatic rings. The molecule has 2 amide bonds. The van der Waals surface area contributed by atoms with Crippen LogP contribution in [0.1, 0.15) is 22.8 Å². The summed E-state index contributed by atoms with van der Waals surface area (Å²) < 4.78 is 2.83. The number of carbonyl (C=O) groups excluding carboxylic acids is 2. The highest BCUT2D eigenvalue weighted by Crippen LogP contribution is 2.26. The second-order valence-corrected chi connectivity index (χ2v) is 8.18. The Hall–Kier alpha value is -3.65. The Morgan fingerprint density at radius 3 is 2.61 bits per heavy atom. The van der Waals surface area contributed by atoms with Gasteiger partial charge >= 0.3 is 0 Å². The average Bonchev–Trinajstić information content (AvgIpc) is 3.44. The molecule has 2 aromatic heterocycles. The van der Waals surface area contributed by atoms with Gasteiger partial charge in [0.2, 0.25) is 5.91 Å². The fourth-order valence-electron chi connectivity index (χ4n) is 3.12. The molecule has 158 valence electrons. The quantitative estimate of drug-likeness (QED) is 0.416. The van der Waals surface area contributed by atoms with Gasteiger partial charge in [-0.25, -0.2) is 4.98 Å². The van der Waals surface area contributed by atoms with E-state index in [4.69, 9.17) is 0 Å². The van der Waals surface area contributed by atoms with Crippen LogP contribution in [0.4, 0.5) is 0 Å². The molecule has 0 fully saturated rings. The topological polar surface area (TPSA) is 96.2 Å². The van der Waals surface area contributed by atoms with E-state index in [-0.39, 0.29) is 17.6 Å². The molecule has 2 heterocycles. The molecule has 0 spiro atoms. The summed E-state index contributed by atoms with van der Waals surface area (Å²) >= 11 is 1.50. The Kier molecular flexibility index (Phi) is 5.99. The van der Waals surface area contributed by atoms with Crippen LogP contribution >= 0.6 is 11.3 Å². The third kappa shape index (κ3) is 4.92. The second kappa shape index (κ2) is 9.01. The lowest BCUT2D eigenvalue weighted by atomic mass is 10.1. The monoisotopic (exact) mass is 434 g/mol. The van der Waals surface area contributed by atoms with Crippen molar-refractivity contribution in [2.75, 3.05) is 6.54 Å². The number of benzene rings is 2. The molecule has 0 unspecified atom stereocenters. The fraction of sp³-hybridized carbons (Fsp3) is 0.174. The molecule has 0 saturated carbocycles. The predicted octanol–water partition coefficient (Wildman–Crippen LogP) is 3.27. The average molecular weight is 435 g/mol. The van der Waals surface area contributed by atoms with Crippen molar-refractivity contribution in [1.29, 1.82) is 0 Å². The molecule has 0 bridgehead atoms. The molecule has 4 rings (SSSR count). The standard InChI is InChI=1S/C23H22N4O3S/c1-15(21(29)24-11-10-16-4-7-18(28)8-5-16)25-22(30)17-6-9-19-20(14-17)31-23(26-19)27-12-2-3-13-27/h2-9,12-15,28H,10-11H2,1H3,(H,24,29)(H,25,30)/t15-/m0/s1. The van der Waals surface area contributed by atoms with E-state index in [2.05, 4.69) is 15.6 Å². The highest BCUT2D eigenvalue weighted by Gasteiger charge is 2.17. The molecule has 8 heteroatoms. The summed E-state index contributed by atoms with van der Waals surface area (Å²) in [4.78, 5) is 29.5. The molecule has 7 nitrogen and oxygen atoms in total. The number of hydrogen-bond donors (Lipinski definition) is 3. The lowest BCUT2D eigenvalue weighted by Gasteiger charge is -2.14. The van der Waals surface area contributed by atoms with Gasteiger partial charge in [0.05, 0.1) is 10.2 Å². The van der Waals surface area contributed by atoms with E-state index in [1.54, 1.807) is 31.2 Å². The van der Waals surface area contributed by atoms with Crippen LogP contribution in [-0.2, 0) is 11.2 Å². The number of thiazole rings is 1. The number of carbonyl (C=O) groups is 2. The Balaban J connectivity index is 1.33. The molecular formula is C23H22N4O3S. The Labute approximate surface area is 183 Å². The third-order valence-electron chi connectivity index (χ3n) is 4.85. The van der Waals surface area contributed by atoms with Crippen LogP contribution in [-0.4, -0.2) is 39.1 Å². The number of rotatable bonds is 7. The zero-order valence-corrected chi connectivity index (χ0v) is 17.7. The van der Waals surface area contributed by atoms with Crippen LogP contribution in [0, 0.1) is 0 Å². The number of nitrogens with zero attached hydrogens (tertiary/aromatic N) is 2. The molecule has 2 aromatic carbocycles. The number of phenolic OH excluding ortho intramolecular Hbond substituents is 1. The number of aromatic hydroxyl groups is 1. The van der Waals surface area contributed by atoms with Gasteiger partial charge in [0.1, 0.15) is 11.8 Å². The number of phenols is 1. The Bertz CT molecular complexity index is 1200. The van der Waals surface area contributed by atoms with Crippen molar-refractivity contribution >= 4 is 33.4 Å². The molecule has 0 aliphatic heterocycles. The van der Waals surface area contributed by atoms with E-state index in [1.165, 1.54) is 11.3 Å². The van der Waals surface area contributed by atoms with E-state index in [0.29, 0.717) is 18.5 Å². The SMILES string of the molecule is C[C@H](NC(=O)c1ccc2nc(-n3cccc3)sc2c1)C(=O)NCCc1ccc(O)cc1. The van der Waals surface area contributed by atoms with Crippen LogP contribution in [0.15, 0.2) is 67.0 Å². The first-order valence-electron chi connectivity index (χ1n) is 9.90. The smallest absolute Gasteiger partial charge is 0.251 e. The molecule has 0 radical (unpaired) electrons. The van der Waals surface area contributed by atoms with E-state index in [1.807, 2.05) is 47.3 Å². The summed E-state index contributed by atoms with van der Waals surface area (Å²) in [6.07, 6.45) is 4.49. The first-order valence-corrected chi connectivity index (χ1v) is 10.7. The van der Waals surface area contributed by atoms with Crippen LogP contribution < -0.4 is 10.6 Å². The Morgan fingerprint density at radius 1 is 1.13 bits per heavy atom. The number of aromatic nitrogens is 2. The van der Waals surface area contributed by atoms with Crippen molar-refractivity contribution in [1.82, 2.24) is 20.2 Å². The van der Waals surface area contributed by atoms with Crippen molar-refractivity contribution in [2.24, 2.45) is 0 Å². The first kappa shape index (κ1) is 20.6. The van der Waals surface area contributed by atoms with E-state index in [9.17, 15) is 14.7 Å². The van der Waals surface area contributed by atoms with E-state index >= 15 is 0 Å². The van der Waals surface area contributed by atoms with Gasteiger partial charge in [0.25, 0.3) is 5.91 Å². The predicted molar refractivity (Wildman–Crippen MR) is 121 cm³/mol. The minimum atomic E-state index is -0.667. The summed E-state index contributed by atoms with van der Waals surface area (Å²) in [5.74, 6) is -0.346. The Morgan fingerprint density at radius 2 is 1.87 bits per heavy atom. The molecule has 0 aliphatic rings. The van der Waals surface area contributed by atoms with Crippen LogP contribution in [0.3, 0.4) is 0 Å². The highest BCUT2D eigenvalue weighted by molar-refractivity contribution is 7.20. The normalized spacial score (nSPS) is 11.9. The zero-order valence-electron chi connectivity index (χ0n) is 16.9. The van der Waals surface area contributed by atoms with Gasteiger partial charge < -0.3 is 20.3 Å². The second-order valence-electron chi connectivity index (χ2n) is 7.17. The van der Waals surface area contributed by atoms with Gasteiger partial charge in [-0.05, 0) is 61.4 Å². The maximum Gasteiger partial charge on any atom is 0.251 e. The van der Waals surface area contributed by atoms with E-state index < -0.39 is 6.04 Å². The minimum absolute atomic E-state index is 0.210. The summed E-state index contributed by atoms with van der Waals surface area (Å²) in [6, 6.07) is 15.4. The molecule has 0 aliphatic carbocycles. The van der Waals surface area contributed by atoms with Crippen LogP contribution in [0.5, 0.6) is 5.75 Å². The van der Waals surface area contributed by atoms with Crippen molar-refractivity contribution < 1.29 is 14.7 Å². The molecule has 1 atom stereocenters. The first-order chi connectivity index (χ1) is 15.0. The minimum Gasteiger partial charge on any atom is -0.508 e. The number of hydrogen-bond acceptors (Lipinski definition) is 5. The fourth-order valence-corrected chi connectivity index (χ4v) is 4.09. The number of amides is 2. The van der Waals surface area contributed by atoms with Gasteiger partial charge in [0.15, 0.2) is 5.13 Å². The number of fused-ring (bicyclic) bond motifs is 1. The zero-order chi connectivity index (χ0) is 21.8. The van der Waals surface area contributed by atoms with Crippen molar-refractivity contribution in [3.8, 4) is 10.9 Å². The molecule has 3 N–H and O–H groups in total. The van der Waals surface area contributed by atoms with Crippen LogP contribution in [0.25, 0.3) is 15.3 Å². The van der Waals surface area contributed by atoms with Gasteiger partial charge in [-0.3, -0.25) is 9.59 Å². The van der Waals surface area contributed by atoms with Gasteiger partial charge in [-0.1, -0.05) is 23.5 Å². The molecule has 0 saturated heterocycles. The summed E-state index contributed by atoms with van der Waals surface area (Å²) in [5, 5.41) is 15.7. The van der Waals surface area contributed by atoms with Gasteiger partial charge in [-0.15, -0.1) is 0 Å². The lowest BCUT2D eigenvalue weighted by Crippen LogP contribution is -2.45. The maximum atomic E-state index is 12.6.